The molecule has 0 aliphatic rings. The van der Waals surface area contributed by atoms with E-state index in [0.717, 1.165) is 28.8 Å². The molecule has 3 aromatic rings. The van der Waals surface area contributed by atoms with Crippen molar-refractivity contribution in [1.82, 2.24) is 14.8 Å². The lowest BCUT2D eigenvalue weighted by molar-refractivity contribution is 0.209. The molecule has 0 saturated carbocycles. The fourth-order valence-electron chi connectivity index (χ4n) is 2.82. The molecule has 6 heteroatoms. The highest BCUT2D eigenvalue weighted by Crippen LogP contribution is 2.27. The minimum atomic E-state index is -0.221. The zero-order chi connectivity index (χ0) is 19.4. The Hall–Kier alpha value is -2.34. The molecule has 4 nitrogen and oxygen atoms in total. The predicted octanol–water partition coefficient (Wildman–Crippen LogP) is 5.49. The maximum atomic E-state index is 13.3. The van der Waals surface area contributed by atoms with Crippen LogP contribution >= 0.6 is 11.8 Å². The normalized spacial score (nSPS) is 12.2. The first-order valence-corrected chi connectivity index (χ1v) is 10.0. The van der Waals surface area contributed by atoms with Gasteiger partial charge in [0.2, 0.25) is 0 Å². The molecular formula is C21H24FN3OS. The maximum Gasteiger partial charge on any atom is 0.191 e. The first-order valence-electron chi connectivity index (χ1n) is 9.02. The third-order valence-corrected chi connectivity index (χ3v) is 5.51. The third kappa shape index (κ3) is 4.69. The lowest BCUT2D eigenvalue weighted by atomic mass is 10.1. The molecule has 3 rings (SSSR count). The molecule has 0 N–H and O–H groups in total. The zero-order valence-electron chi connectivity index (χ0n) is 16.1. The van der Waals surface area contributed by atoms with Gasteiger partial charge in [-0.2, -0.15) is 0 Å². The molecule has 0 aliphatic heterocycles. The highest BCUT2D eigenvalue weighted by Gasteiger charge is 2.19. The molecule has 0 fully saturated rings. The predicted molar refractivity (Wildman–Crippen MR) is 107 cm³/mol. The second-order valence-corrected chi connectivity index (χ2v) is 7.45. The third-order valence-electron chi connectivity index (χ3n) is 4.47. The number of hydrogen-bond donors (Lipinski definition) is 0. The van der Waals surface area contributed by atoms with Crippen LogP contribution in [0.2, 0.25) is 0 Å². The Labute approximate surface area is 163 Å². The largest absolute Gasteiger partial charge is 0.483 e. The summed E-state index contributed by atoms with van der Waals surface area (Å²) in [6.07, 6.45) is -0.219. The van der Waals surface area contributed by atoms with Crippen LogP contribution in [0.4, 0.5) is 4.39 Å². The van der Waals surface area contributed by atoms with Crippen molar-refractivity contribution in [2.24, 2.45) is 0 Å². The Morgan fingerprint density at radius 1 is 1.11 bits per heavy atom. The maximum absolute atomic E-state index is 13.3. The van der Waals surface area contributed by atoms with E-state index in [9.17, 15) is 4.39 Å². The quantitative estimate of drug-likeness (QED) is 0.505. The Morgan fingerprint density at radius 2 is 1.93 bits per heavy atom. The molecular weight excluding hydrogens is 361 g/mol. The number of aromatic nitrogens is 3. The molecule has 0 bridgehead atoms. The lowest BCUT2D eigenvalue weighted by Gasteiger charge is -2.16. The van der Waals surface area contributed by atoms with E-state index in [1.165, 1.54) is 17.2 Å². The summed E-state index contributed by atoms with van der Waals surface area (Å²) in [4.78, 5) is 0. The van der Waals surface area contributed by atoms with Gasteiger partial charge in [0.25, 0.3) is 0 Å². The summed E-state index contributed by atoms with van der Waals surface area (Å²) in [5.41, 5.74) is 3.36. The Balaban J connectivity index is 1.73. The van der Waals surface area contributed by atoms with Crippen LogP contribution in [0.3, 0.4) is 0 Å². The number of nitrogens with zero attached hydrogens (tertiary/aromatic N) is 3. The topological polar surface area (TPSA) is 39.9 Å². The summed E-state index contributed by atoms with van der Waals surface area (Å²) in [6.45, 7) is 8.93. The van der Waals surface area contributed by atoms with Crippen molar-refractivity contribution in [1.29, 1.82) is 0 Å². The van der Waals surface area contributed by atoms with Crippen molar-refractivity contribution in [2.75, 3.05) is 0 Å². The van der Waals surface area contributed by atoms with Crippen LogP contribution in [-0.2, 0) is 12.3 Å². The minimum absolute atomic E-state index is 0.219. The van der Waals surface area contributed by atoms with Crippen molar-refractivity contribution < 1.29 is 9.13 Å². The van der Waals surface area contributed by atoms with Crippen LogP contribution in [0.5, 0.6) is 5.75 Å². The second kappa shape index (κ2) is 8.57. The molecule has 27 heavy (non-hydrogen) atoms. The van der Waals surface area contributed by atoms with Crippen molar-refractivity contribution in [2.45, 2.75) is 51.3 Å². The van der Waals surface area contributed by atoms with Crippen LogP contribution in [0.15, 0.2) is 47.6 Å². The summed E-state index contributed by atoms with van der Waals surface area (Å²) in [5, 5.41) is 9.48. The number of rotatable bonds is 7. The Morgan fingerprint density at radius 3 is 2.63 bits per heavy atom. The smallest absolute Gasteiger partial charge is 0.191 e. The summed E-state index contributed by atoms with van der Waals surface area (Å²) < 4.78 is 21.5. The van der Waals surface area contributed by atoms with Crippen LogP contribution < -0.4 is 4.74 Å². The van der Waals surface area contributed by atoms with E-state index in [1.807, 2.05) is 25.1 Å². The lowest BCUT2D eigenvalue weighted by Crippen LogP contribution is -2.12. The van der Waals surface area contributed by atoms with Gasteiger partial charge in [0.05, 0.1) is 0 Å². The SMILES string of the molecule is CCn1c(SCc2cccc(F)c2)nnc1C(C)Oc1ccc(C)c(C)c1. The number of hydrogen-bond acceptors (Lipinski definition) is 4. The molecule has 0 saturated heterocycles. The van der Waals surface area contributed by atoms with Crippen LogP contribution in [0.25, 0.3) is 0 Å². The molecule has 2 aromatic carbocycles. The summed E-state index contributed by atoms with van der Waals surface area (Å²) >= 11 is 1.55. The van der Waals surface area contributed by atoms with Gasteiger partial charge in [-0.25, -0.2) is 4.39 Å². The van der Waals surface area contributed by atoms with Crippen LogP contribution in [0.1, 0.15) is 42.5 Å². The van der Waals surface area contributed by atoms with E-state index in [0.29, 0.717) is 5.75 Å². The molecule has 1 aromatic heterocycles. The average molecular weight is 386 g/mol. The number of aryl methyl sites for hydroxylation is 2. The molecule has 1 unspecified atom stereocenters. The first kappa shape index (κ1) is 19.4. The monoisotopic (exact) mass is 385 g/mol. The number of ether oxygens (including phenoxy) is 1. The highest BCUT2D eigenvalue weighted by molar-refractivity contribution is 7.98. The van der Waals surface area contributed by atoms with E-state index in [2.05, 4.69) is 41.6 Å². The molecule has 0 amide bonds. The van der Waals surface area contributed by atoms with Crippen molar-refractivity contribution in [3.8, 4) is 5.75 Å². The number of halogens is 1. The van der Waals surface area contributed by atoms with Crippen molar-refractivity contribution in [3.05, 3.63) is 70.8 Å². The Bertz CT molecular complexity index is 926. The highest BCUT2D eigenvalue weighted by atomic mass is 32.2. The fourth-order valence-corrected chi connectivity index (χ4v) is 3.78. The van der Waals surface area contributed by atoms with E-state index in [4.69, 9.17) is 4.74 Å². The molecule has 0 spiro atoms. The van der Waals surface area contributed by atoms with Gasteiger partial charge < -0.3 is 9.30 Å². The molecule has 142 valence electrons. The van der Waals surface area contributed by atoms with Gasteiger partial charge in [-0.3, -0.25) is 0 Å². The fraction of sp³-hybridized carbons (Fsp3) is 0.333. The summed E-state index contributed by atoms with van der Waals surface area (Å²) in [5.74, 6) is 2.03. The van der Waals surface area contributed by atoms with E-state index >= 15 is 0 Å². The first-order chi connectivity index (χ1) is 13.0. The average Bonchev–Trinajstić information content (AvgIpc) is 3.06. The van der Waals surface area contributed by atoms with Gasteiger partial charge in [-0.1, -0.05) is 30.0 Å². The van der Waals surface area contributed by atoms with Gasteiger partial charge >= 0.3 is 0 Å². The van der Waals surface area contributed by atoms with Gasteiger partial charge in [0.15, 0.2) is 17.1 Å². The summed E-state index contributed by atoms with van der Waals surface area (Å²) in [6, 6.07) is 12.7. The van der Waals surface area contributed by atoms with Gasteiger partial charge in [0, 0.05) is 12.3 Å². The number of thioether (sulfide) groups is 1. The van der Waals surface area contributed by atoms with Crippen molar-refractivity contribution >= 4 is 11.8 Å². The number of benzene rings is 2. The van der Waals surface area contributed by atoms with Crippen LogP contribution in [-0.4, -0.2) is 14.8 Å². The van der Waals surface area contributed by atoms with Crippen molar-refractivity contribution in [3.63, 3.8) is 0 Å². The van der Waals surface area contributed by atoms with E-state index < -0.39 is 0 Å². The Kier molecular flexibility index (Phi) is 6.16. The molecule has 0 radical (unpaired) electrons. The van der Waals surface area contributed by atoms with Gasteiger partial charge in [-0.15, -0.1) is 10.2 Å². The van der Waals surface area contributed by atoms with Gasteiger partial charge in [-0.05, 0) is 68.7 Å². The zero-order valence-corrected chi connectivity index (χ0v) is 16.9. The molecule has 0 aliphatic carbocycles. The standard InChI is InChI=1S/C21H24FN3OS/c1-5-25-20(16(4)26-19-10-9-14(2)15(3)11-19)23-24-21(25)27-13-17-7-6-8-18(22)12-17/h6-12,16H,5,13H2,1-4H3. The minimum Gasteiger partial charge on any atom is -0.483 e. The van der Waals surface area contributed by atoms with E-state index in [1.54, 1.807) is 23.9 Å². The summed E-state index contributed by atoms with van der Waals surface area (Å²) in [7, 11) is 0. The molecule has 1 atom stereocenters. The second-order valence-electron chi connectivity index (χ2n) is 6.51. The van der Waals surface area contributed by atoms with Crippen LogP contribution in [0, 0.1) is 19.7 Å². The van der Waals surface area contributed by atoms with E-state index in [-0.39, 0.29) is 11.9 Å². The molecule has 1 heterocycles. The van der Waals surface area contributed by atoms with Gasteiger partial charge in [0.1, 0.15) is 11.6 Å².